The lowest BCUT2D eigenvalue weighted by molar-refractivity contribution is 0.160. The Bertz CT molecular complexity index is 575. The number of benzene rings is 2. The molecule has 1 aliphatic carbocycles. The second kappa shape index (κ2) is 6.95. The van der Waals surface area contributed by atoms with Gasteiger partial charge in [0, 0.05) is 12.6 Å². The van der Waals surface area contributed by atoms with Crippen LogP contribution in [-0.4, -0.2) is 31.1 Å². The molecule has 0 amide bonds. The predicted octanol–water partition coefficient (Wildman–Crippen LogP) is 4.48. The largest absolute Gasteiger partial charge is 0.492 e. The van der Waals surface area contributed by atoms with Crippen LogP contribution in [0.5, 0.6) is 5.75 Å². The van der Waals surface area contributed by atoms with Crippen molar-refractivity contribution in [2.75, 3.05) is 20.2 Å². The van der Waals surface area contributed by atoms with Gasteiger partial charge in [0.15, 0.2) is 0 Å². The molecule has 1 saturated carbocycles. The van der Waals surface area contributed by atoms with Gasteiger partial charge in [0.2, 0.25) is 0 Å². The van der Waals surface area contributed by atoms with Crippen molar-refractivity contribution in [2.24, 2.45) is 0 Å². The Hall–Kier alpha value is -1.54. The fourth-order valence-corrected chi connectivity index (χ4v) is 3.27. The van der Waals surface area contributed by atoms with E-state index >= 15 is 0 Å². The third-order valence-corrected chi connectivity index (χ3v) is 4.63. The smallest absolute Gasteiger partial charge is 0.120 e. The van der Waals surface area contributed by atoms with Crippen LogP contribution in [0.4, 0.5) is 0 Å². The molecule has 3 rings (SSSR count). The lowest BCUT2D eigenvalue weighted by Crippen LogP contribution is -2.36. The average molecular weight is 283 g/mol. The summed E-state index contributed by atoms with van der Waals surface area (Å²) in [6.07, 6.45) is 6.90. The summed E-state index contributed by atoms with van der Waals surface area (Å²) >= 11 is 0. The zero-order valence-electron chi connectivity index (χ0n) is 12.9. The van der Waals surface area contributed by atoms with Crippen LogP contribution in [0.2, 0.25) is 0 Å². The minimum absolute atomic E-state index is 0.763. The lowest BCUT2D eigenvalue weighted by Gasteiger charge is -2.31. The second-order valence-corrected chi connectivity index (χ2v) is 6.13. The first-order valence-electron chi connectivity index (χ1n) is 8.15. The molecule has 112 valence electrons. The third-order valence-electron chi connectivity index (χ3n) is 4.63. The van der Waals surface area contributed by atoms with Crippen LogP contribution >= 0.6 is 0 Å². The van der Waals surface area contributed by atoms with Gasteiger partial charge in [-0.2, -0.15) is 0 Å². The summed E-state index contributed by atoms with van der Waals surface area (Å²) < 4.78 is 5.93. The number of hydrogen-bond donors (Lipinski definition) is 0. The van der Waals surface area contributed by atoms with E-state index < -0.39 is 0 Å². The normalized spacial score (nSPS) is 16.5. The van der Waals surface area contributed by atoms with Crippen molar-refractivity contribution >= 4 is 10.8 Å². The summed E-state index contributed by atoms with van der Waals surface area (Å²) in [6.45, 7) is 1.78. The molecule has 2 aromatic rings. The van der Waals surface area contributed by atoms with Gasteiger partial charge in [0.05, 0.1) is 0 Å². The van der Waals surface area contributed by atoms with Crippen molar-refractivity contribution in [3.63, 3.8) is 0 Å². The highest BCUT2D eigenvalue weighted by Gasteiger charge is 2.17. The van der Waals surface area contributed by atoms with E-state index in [2.05, 4.69) is 54.4 Å². The van der Waals surface area contributed by atoms with Gasteiger partial charge in [-0.3, -0.25) is 0 Å². The number of hydrogen-bond acceptors (Lipinski definition) is 2. The molecule has 0 saturated heterocycles. The van der Waals surface area contributed by atoms with Crippen molar-refractivity contribution in [1.82, 2.24) is 4.90 Å². The fraction of sp³-hybridized carbons (Fsp3) is 0.474. The minimum atomic E-state index is 0.763. The monoisotopic (exact) mass is 283 g/mol. The maximum Gasteiger partial charge on any atom is 0.120 e. The molecule has 0 atom stereocenters. The molecular weight excluding hydrogens is 258 g/mol. The molecule has 0 radical (unpaired) electrons. The molecule has 0 spiro atoms. The van der Waals surface area contributed by atoms with E-state index in [1.807, 2.05) is 0 Å². The van der Waals surface area contributed by atoms with Gasteiger partial charge in [0.25, 0.3) is 0 Å². The average Bonchev–Trinajstić information content (AvgIpc) is 2.55. The molecule has 2 aromatic carbocycles. The first-order chi connectivity index (χ1) is 10.3. The van der Waals surface area contributed by atoms with Gasteiger partial charge in [-0.15, -0.1) is 0 Å². The molecule has 0 heterocycles. The van der Waals surface area contributed by atoms with Gasteiger partial charge in [0.1, 0.15) is 12.4 Å². The van der Waals surface area contributed by atoms with Crippen molar-refractivity contribution in [1.29, 1.82) is 0 Å². The number of rotatable bonds is 5. The standard InChI is InChI=1S/C19H25NO/c1-20(18-9-3-2-4-10-18)13-14-21-19-12-11-16-7-5-6-8-17(16)15-19/h5-8,11-12,15,18H,2-4,9-10,13-14H2,1H3. The summed E-state index contributed by atoms with van der Waals surface area (Å²) in [5, 5.41) is 2.51. The van der Waals surface area contributed by atoms with E-state index in [1.54, 1.807) is 0 Å². The molecule has 1 fully saturated rings. The van der Waals surface area contributed by atoms with E-state index in [0.29, 0.717) is 0 Å². The molecule has 2 nitrogen and oxygen atoms in total. The quantitative estimate of drug-likeness (QED) is 0.802. The maximum atomic E-state index is 5.93. The van der Waals surface area contributed by atoms with Crippen LogP contribution in [0, 0.1) is 0 Å². The predicted molar refractivity (Wildman–Crippen MR) is 88.9 cm³/mol. The summed E-state index contributed by atoms with van der Waals surface area (Å²) in [5.41, 5.74) is 0. The first-order valence-corrected chi connectivity index (χ1v) is 8.15. The summed E-state index contributed by atoms with van der Waals surface area (Å²) in [4.78, 5) is 2.47. The number of likely N-dealkylation sites (N-methyl/N-ethyl adjacent to an activating group) is 1. The van der Waals surface area contributed by atoms with Crippen LogP contribution in [0.1, 0.15) is 32.1 Å². The zero-order valence-corrected chi connectivity index (χ0v) is 12.9. The Labute approximate surface area is 127 Å². The molecule has 2 heteroatoms. The lowest BCUT2D eigenvalue weighted by atomic mass is 9.94. The highest BCUT2D eigenvalue weighted by atomic mass is 16.5. The molecule has 1 aliphatic rings. The highest BCUT2D eigenvalue weighted by molar-refractivity contribution is 5.83. The number of fused-ring (bicyclic) bond motifs is 1. The maximum absolute atomic E-state index is 5.93. The van der Waals surface area contributed by atoms with Crippen molar-refractivity contribution in [3.8, 4) is 5.75 Å². The molecule has 0 aliphatic heterocycles. The first kappa shape index (κ1) is 14.4. The number of ether oxygens (including phenoxy) is 1. The van der Waals surface area contributed by atoms with Gasteiger partial charge in [-0.05, 0) is 42.8 Å². The Kier molecular flexibility index (Phi) is 4.76. The van der Waals surface area contributed by atoms with Crippen LogP contribution < -0.4 is 4.74 Å². The van der Waals surface area contributed by atoms with E-state index in [4.69, 9.17) is 4.74 Å². The second-order valence-electron chi connectivity index (χ2n) is 6.13. The SMILES string of the molecule is CN(CCOc1ccc2ccccc2c1)C1CCCCC1. The zero-order chi connectivity index (χ0) is 14.5. The Morgan fingerprint density at radius 2 is 1.76 bits per heavy atom. The third kappa shape index (κ3) is 3.76. The van der Waals surface area contributed by atoms with Crippen molar-refractivity contribution in [2.45, 2.75) is 38.1 Å². The fourth-order valence-electron chi connectivity index (χ4n) is 3.27. The van der Waals surface area contributed by atoms with E-state index in [1.165, 1.54) is 42.9 Å². The molecule has 0 unspecified atom stereocenters. The van der Waals surface area contributed by atoms with Crippen LogP contribution in [0.3, 0.4) is 0 Å². The van der Waals surface area contributed by atoms with Gasteiger partial charge < -0.3 is 9.64 Å². The molecular formula is C19H25NO. The molecule has 0 N–H and O–H groups in total. The Morgan fingerprint density at radius 3 is 2.57 bits per heavy atom. The van der Waals surface area contributed by atoms with Crippen LogP contribution in [-0.2, 0) is 0 Å². The van der Waals surface area contributed by atoms with Gasteiger partial charge in [-0.25, -0.2) is 0 Å². The molecule has 21 heavy (non-hydrogen) atoms. The van der Waals surface area contributed by atoms with E-state index in [9.17, 15) is 0 Å². The summed E-state index contributed by atoms with van der Waals surface area (Å²) in [7, 11) is 2.24. The minimum Gasteiger partial charge on any atom is -0.492 e. The van der Waals surface area contributed by atoms with E-state index in [0.717, 1.165) is 24.9 Å². The molecule has 0 aromatic heterocycles. The summed E-state index contributed by atoms with van der Waals surface area (Å²) in [6, 6.07) is 15.5. The van der Waals surface area contributed by atoms with Gasteiger partial charge in [-0.1, -0.05) is 49.6 Å². The topological polar surface area (TPSA) is 12.5 Å². The van der Waals surface area contributed by atoms with Crippen LogP contribution in [0.25, 0.3) is 10.8 Å². The Balaban J connectivity index is 1.51. The highest BCUT2D eigenvalue weighted by Crippen LogP contribution is 2.22. The van der Waals surface area contributed by atoms with Crippen molar-refractivity contribution < 1.29 is 4.74 Å². The Morgan fingerprint density at radius 1 is 1.00 bits per heavy atom. The number of nitrogens with zero attached hydrogens (tertiary/aromatic N) is 1. The van der Waals surface area contributed by atoms with E-state index in [-0.39, 0.29) is 0 Å². The van der Waals surface area contributed by atoms with Crippen molar-refractivity contribution in [3.05, 3.63) is 42.5 Å². The van der Waals surface area contributed by atoms with Gasteiger partial charge >= 0.3 is 0 Å². The van der Waals surface area contributed by atoms with Crippen LogP contribution in [0.15, 0.2) is 42.5 Å². The molecule has 0 bridgehead atoms. The summed E-state index contributed by atoms with van der Waals surface area (Å²) in [5.74, 6) is 0.978.